The lowest BCUT2D eigenvalue weighted by molar-refractivity contribution is -0.117. The summed E-state index contributed by atoms with van der Waals surface area (Å²) in [5.74, 6) is 0. The number of hydrogen-bond acceptors (Lipinski definition) is 2. The van der Waals surface area contributed by atoms with Crippen LogP contribution in [0.2, 0.25) is 0 Å². The minimum absolute atomic E-state index is 0.288. The minimum atomic E-state index is -0.288. The number of aldehydes is 1. The minimum Gasteiger partial charge on any atom is -0.371 e. The zero-order valence-electron chi connectivity index (χ0n) is 7.77. The second-order valence-corrected chi connectivity index (χ2v) is 2.95. The Morgan fingerprint density at radius 3 is 2.69 bits per heavy atom. The molecular formula is C11H14O2. The normalized spacial score (nSPS) is 12.4. The zero-order valence-corrected chi connectivity index (χ0v) is 7.77. The van der Waals surface area contributed by atoms with E-state index in [1.807, 2.05) is 18.2 Å². The molecule has 0 fully saturated rings. The van der Waals surface area contributed by atoms with Crippen molar-refractivity contribution in [3.8, 4) is 0 Å². The third-order valence-corrected chi connectivity index (χ3v) is 1.81. The predicted octanol–water partition coefficient (Wildman–Crippen LogP) is 1.83. The Kier molecular flexibility index (Phi) is 4.19. The van der Waals surface area contributed by atoms with Gasteiger partial charge in [0.15, 0.2) is 0 Å². The van der Waals surface area contributed by atoms with Crippen molar-refractivity contribution in [2.24, 2.45) is 0 Å². The second kappa shape index (κ2) is 5.49. The number of carbonyl (C=O) groups is 1. The van der Waals surface area contributed by atoms with Crippen LogP contribution in [-0.4, -0.2) is 19.0 Å². The summed E-state index contributed by atoms with van der Waals surface area (Å²) in [6.45, 7) is 2.35. The molecule has 70 valence electrons. The molecule has 0 aromatic heterocycles. The molecular weight excluding hydrogens is 164 g/mol. The molecule has 0 spiro atoms. The van der Waals surface area contributed by atoms with Gasteiger partial charge in [0, 0.05) is 0 Å². The zero-order chi connectivity index (χ0) is 9.52. The quantitative estimate of drug-likeness (QED) is 0.643. The Labute approximate surface area is 78.5 Å². The molecule has 0 aliphatic heterocycles. The maximum Gasteiger partial charge on any atom is 0.148 e. The van der Waals surface area contributed by atoms with Crippen LogP contribution >= 0.6 is 0 Å². The number of ether oxygens (including phenoxy) is 1. The summed E-state index contributed by atoms with van der Waals surface area (Å²) in [6.07, 6.45) is 1.38. The summed E-state index contributed by atoms with van der Waals surface area (Å²) in [5, 5.41) is 0. The predicted molar refractivity (Wildman–Crippen MR) is 51.6 cm³/mol. The van der Waals surface area contributed by atoms with Crippen molar-refractivity contribution in [1.29, 1.82) is 0 Å². The summed E-state index contributed by atoms with van der Waals surface area (Å²) >= 11 is 0. The molecule has 0 saturated heterocycles. The van der Waals surface area contributed by atoms with E-state index in [0.717, 1.165) is 12.7 Å². The van der Waals surface area contributed by atoms with Crippen LogP contribution in [-0.2, 0) is 16.0 Å². The monoisotopic (exact) mass is 178 g/mol. The van der Waals surface area contributed by atoms with Gasteiger partial charge in [-0.05, 0) is 18.9 Å². The summed E-state index contributed by atoms with van der Waals surface area (Å²) in [5.41, 5.74) is 1.24. The first kappa shape index (κ1) is 9.93. The molecule has 0 radical (unpaired) electrons. The van der Waals surface area contributed by atoms with Gasteiger partial charge in [-0.2, -0.15) is 0 Å². The van der Waals surface area contributed by atoms with Crippen LogP contribution in [0.5, 0.6) is 0 Å². The van der Waals surface area contributed by atoms with Crippen LogP contribution in [0.1, 0.15) is 12.5 Å². The van der Waals surface area contributed by atoms with Crippen LogP contribution in [0.4, 0.5) is 0 Å². The molecule has 0 aliphatic carbocycles. The molecule has 1 aromatic carbocycles. The first-order chi connectivity index (χ1) is 6.33. The lowest BCUT2D eigenvalue weighted by atomic mass is 10.2. The van der Waals surface area contributed by atoms with Crippen LogP contribution in [0.15, 0.2) is 30.3 Å². The Bertz CT molecular complexity index is 244. The van der Waals surface area contributed by atoms with Crippen LogP contribution in [0.25, 0.3) is 0 Å². The fraction of sp³-hybridized carbons (Fsp3) is 0.364. The fourth-order valence-corrected chi connectivity index (χ4v) is 1.05. The van der Waals surface area contributed by atoms with E-state index in [4.69, 9.17) is 4.74 Å². The van der Waals surface area contributed by atoms with Crippen molar-refractivity contribution in [2.75, 3.05) is 6.61 Å². The molecule has 2 nitrogen and oxygen atoms in total. The summed E-state index contributed by atoms with van der Waals surface area (Å²) in [7, 11) is 0. The molecule has 13 heavy (non-hydrogen) atoms. The van der Waals surface area contributed by atoms with Crippen molar-refractivity contribution in [2.45, 2.75) is 19.4 Å². The molecule has 0 aliphatic rings. The van der Waals surface area contributed by atoms with Crippen molar-refractivity contribution in [3.63, 3.8) is 0 Å². The van der Waals surface area contributed by atoms with E-state index >= 15 is 0 Å². The molecule has 1 aromatic rings. The molecule has 0 amide bonds. The van der Waals surface area contributed by atoms with E-state index in [2.05, 4.69) is 12.1 Å². The number of benzene rings is 1. The smallest absolute Gasteiger partial charge is 0.148 e. The van der Waals surface area contributed by atoms with Gasteiger partial charge < -0.3 is 9.53 Å². The molecule has 0 heterocycles. The van der Waals surface area contributed by atoms with Crippen LogP contribution in [0, 0.1) is 0 Å². The Morgan fingerprint density at radius 1 is 1.38 bits per heavy atom. The van der Waals surface area contributed by atoms with E-state index < -0.39 is 0 Å². The number of carbonyl (C=O) groups excluding carboxylic acids is 1. The highest BCUT2D eigenvalue weighted by Gasteiger charge is 1.98. The molecule has 0 bridgehead atoms. The standard InChI is InChI=1S/C11H14O2/c1-10(9-12)13-8-7-11-5-3-2-4-6-11/h2-6,9-10H,7-8H2,1H3/t10-/m0/s1. The third kappa shape index (κ3) is 3.85. The first-order valence-corrected chi connectivity index (χ1v) is 4.44. The maximum atomic E-state index is 10.2. The van der Waals surface area contributed by atoms with Crippen molar-refractivity contribution in [1.82, 2.24) is 0 Å². The Hall–Kier alpha value is -1.15. The van der Waals surface area contributed by atoms with E-state index in [1.165, 1.54) is 5.56 Å². The second-order valence-electron chi connectivity index (χ2n) is 2.95. The SMILES string of the molecule is C[C@@H](C=O)OCCc1ccccc1. The van der Waals surface area contributed by atoms with Gasteiger partial charge in [0.2, 0.25) is 0 Å². The first-order valence-electron chi connectivity index (χ1n) is 4.44. The fourth-order valence-electron chi connectivity index (χ4n) is 1.05. The van der Waals surface area contributed by atoms with Crippen molar-refractivity contribution in [3.05, 3.63) is 35.9 Å². The van der Waals surface area contributed by atoms with Crippen LogP contribution < -0.4 is 0 Å². The van der Waals surface area contributed by atoms with Gasteiger partial charge in [-0.25, -0.2) is 0 Å². The molecule has 1 rings (SSSR count). The summed E-state index contributed by atoms with van der Waals surface area (Å²) in [6, 6.07) is 10.1. The van der Waals surface area contributed by atoms with Gasteiger partial charge in [-0.1, -0.05) is 30.3 Å². The third-order valence-electron chi connectivity index (χ3n) is 1.81. The van der Waals surface area contributed by atoms with E-state index in [9.17, 15) is 4.79 Å². The van der Waals surface area contributed by atoms with Gasteiger partial charge in [0.1, 0.15) is 12.4 Å². The molecule has 0 N–H and O–H groups in total. The van der Waals surface area contributed by atoms with Gasteiger partial charge in [0.25, 0.3) is 0 Å². The van der Waals surface area contributed by atoms with Crippen molar-refractivity contribution >= 4 is 6.29 Å². The highest BCUT2D eigenvalue weighted by Crippen LogP contribution is 2.00. The van der Waals surface area contributed by atoms with Gasteiger partial charge in [0.05, 0.1) is 6.61 Å². The lowest BCUT2D eigenvalue weighted by Crippen LogP contribution is -2.11. The topological polar surface area (TPSA) is 26.3 Å². The average Bonchev–Trinajstić information content (AvgIpc) is 2.19. The molecule has 2 heteroatoms. The molecule has 0 unspecified atom stereocenters. The van der Waals surface area contributed by atoms with E-state index in [-0.39, 0.29) is 6.10 Å². The summed E-state index contributed by atoms with van der Waals surface area (Å²) < 4.78 is 5.23. The van der Waals surface area contributed by atoms with Gasteiger partial charge in [-0.3, -0.25) is 0 Å². The van der Waals surface area contributed by atoms with Crippen LogP contribution in [0.3, 0.4) is 0 Å². The van der Waals surface area contributed by atoms with E-state index in [1.54, 1.807) is 6.92 Å². The number of rotatable bonds is 5. The molecule has 1 atom stereocenters. The number of hydrogen-bond donors (Lipinski definition) is 0. The van der Waals surface area contributed by atoms with E-state index in [0.29, 0.717) is 6.61 Å². The Balaban J connectivity index is 2.24. The average molecular weight is 178 g/mol. The van der Waals surface area contributed by atoms with Gasteiger partial charge in [-0.15, -0.1) is 0 Å². The largest absolute Gasteiger partial charge is 0.371 e. The molecule has 0 saturated carbocycles. The Morgan fingerprint density at radius 2 is 2.08 bits per heavy atom. The highest BCUT2D eigenvalue weighted by molar-refractivity contribution is 5.55. The highest BCUT2D eigenvalue weighted by atomic mass is 16.5. The van der Waals surface area contributed by atoms with Gasteiger partial charge >= 0.3 is 0 Å². The van der Waals surface area contributed by atoms with Crippen molar-refractivity contribution < 1.29 is 9.53 Å². The lowest BCUT2D eigenvalue weighted by Gasteiger charge is -2.05. The maximum absolute atomic E-state index is 10.2. The summed E-state index contributed by atoms with van der Waals surface area (Å²) in [4.78, 5) is 10.2.